The molecule has 0 bridgehead atoms. The third-order valence-electron chi connectivity index (χ3n) is 5.30. The molecule has 1 aliphatic carbocycles. The number of nitrogens with zero attached hydrogens (tertiary/aromatic N) is 1. The summed E-state index contributed by atoms with van der Waals surface area (Å²) in [7, 11) is 0. The molecule has 0 aliphatic heterocycles. The minimum atomic E-state index is -0.749. The normalized spacial score (nSPS) is 13.8. The van der Waals surface area contributed by atoms with Crippen molar-refractivity contribution in [2.24, 2.45) is 0 Å². The van der Waals surface area contributed by atoms with E-state index in [4.69, 9.17) is 10.5 Å². The average Bonchev–Trinajstić information content (AvgIpc) is 3.24. The topological polar surface area (TPSA) is 115 Å². The second-order valence-corrected chi connectivity index (χ2v) is 10.5. The van der Waals surface area contributed by atoms with E-state index < -0.39 is 17.5 Å². The summed E-state index contributed by atoms with van der Waals surface area (Å²) >= 11 is 4.13. The number of carbonyl (C=O) groups is 2. The third kappa shape index (κ3) is 4.30. The monoisotopic (exact) mass is 495 g/mol. The lowest BCUT2D eigenvalue weighted by Crippen LogP contribution is -2.17. The second kappa shape index (κ2) is 8.51. The number of benzene rings is 1. The molecule has 1 amide bonds. The molecule has 4 N–H and O–H groups in total. The summed E-state index contributed by atoms with van der Waals surface area (Å²) in [6.45, 7) is 0.141. The predicted molar refractivity (Wildman–Crippen MR) is 131 cm³/mol. The SMILES string of the molecule is Nc1nsc(C#Cc2cc3sc(C4(C(=O)O)CC4)cc3s2)c1NC(=O)OCc1ccccc1. The molecule has 33 heavy (non-hydrogen) atoms. The van der Waals surface area contributed by atoms with Crippen molar-refractivity contribution in [3.05, 3.63) is 62.7 Å². The molecule has 0 saturated heterocycles. The lowest BCUT2D eigenvalue weighted by atomic mass is 10.1. The fourth-order valence-corrected chi connectivity index (χ4v) is 6.42. The molecule has 10 heteroatoms. The largest absolute Gasteiger partial charge is 0.481 e. The minimum Gasteiger partial charge on any atom is -0.481 e. The maximum absolute atomic E-state index is 12.2. The van der Waals surface area contributed by atoms with Crippen LogP contribution in [0.4, 0.5) is 16.3 Å². The van der Waals surface area contributed by atoms with Crippen molar-refractivity contribution >= 4 is 67.2 Å². The van der Waals surface area contributed by atoms with E-state index in [0.29, 0.717) is 23.4 Å². The van der Waals surface area contributed by atoms with E-state index >= 15 is 0 Å². The van der Waals surface area contributed by atoms with Crippen LogP contribution < -0.4 is 11.1 Å². The van der Waals surface area contributed by atoms with Crippen molar-refractivity contribution < 1.29 is 19.4 Å². The number of fused-ring (bicyclic) bond motifs is 1. The quantitative estimate of drug-likeness (QED) is 0.325. The van der Waals surface area contributed by atoms with Crippen LogP contribution in [0.15, 0.2) is 42.5 Å². The van der Waals surface area contributed by atoms with E-state index in [1.165, 1.54) is 22.7 Å². The zero-order valence-electron chi connectivity index (χ0n) is 17.1. The number of nitrogen functional groups attached to an aromatic ring is 1. The van der Waals surface area contributed by atoms with Crippen LogP contribution in [0, 0.1) is 11.8 Å². The highest BCUT2D eigenvalue weighted by atomic mass is 32.1. The summed E-state index contributed by atoms with van der Waals surface area (Å²) in [4.78, 5) is 26.1. The summed E-state index contributed by atoms with van der Waals surface area (Å²) in [6.07, 6.45) is 0.753. The highest BCUT2D eigenvalue weighted by Gasteiger charge is 2.53. The number of nitrogens with two attached hydrogens (primary N) is 1. The van der Waals surface area contributed by atoms with Crippen molar-refractivity contribution in [3.63, 3.8) is 0 Å². The lowest BCUT2D eigenvalue weighted by Gasteiger charge is -2.06. The minimum absolute atomic E-state index is 0.141. The van der Waals surface area contributed by atoms with E-state index in [0.717, 1.165) is 36.3 Å². The van der Waals surface area contributed by atoms with Gasteiger partial charge in [-0.25, -0.2) is 4.79 Å². The molecule has 1 saturated carbocycles. The van der Waals surface area contributed by atoms with E-state index in [2.05, 4.69) is 21.5 Å². The van der Waals surface area contributed by atoms with Gasteiger partial charge in [-0.3, -0.25) is 10.1 Å². The summed E-state index contributed by atoms with van der Waals surface area (Å²) in [5.41, 5.74) is 6.44. The Morgan fingerprint density at radius 1 is 1.15 bits per heavy atom. The molecule has 166 valence electrons. The van der Waals surface area contributed by atoms with Crippen LogP contribution in [0.1, 0.15) is 33.0 Å². The Bertz CT molecular complexity index is 1390. The molecule has 5 rings (SSSR count). The molecule has 1 aliphatic rings. The van der Waals surface area contributed by atoms with Gasteiger partial charge in [0.2, 0.25) is 0 Å². The maximum atomic E-state index is 12.2. The standard InChI is InChI=1S/C23H17N3O4S3/c24-20-19(25-22(29)30-12-13-4-2-1-3-5-13)15(33-26-20)7-6-14-10-16-17(31-14)11-18(32-16)23(8-9-23)21(27)28/h1-5,10-11H,8-9,12H2,(H2,24,26)(H,25,29)(H,27,28). The van der Waals surface area contributed by atoms with Gasteiger partial charge in [0, 0.05) is 14.3 Å². The number of hydrogen-bond donors (Lipinski definition) is 3. The number of anilines is 2. The molecule has 0 unspecified atom stereocenters. The molecule has 3 heterocycles. The van der Waals surface area contributed by atoms with Gasteiger partial charge in [-0.15, -0.1) is 22.7 Å². The maximum Gasteiger partial charge on any atom is 0.412 e. The number of hydrogen-bond acceptors (Lipinski definition) is 8. The molecule has 0 radical (unpaired) electrons. The van der Waals surface area contributed by atoms with Gasteiger partial charge in [0.05, 0.1) is 4.88 Å². The van der Waals surface area contributed by atoms with E-state index in [-0.39, 0.29) is 12.4 Å². The summed E-state index contributed by atoms with van der Waals surface area (Å²) in [5, 5.41) is 12.1. The third-order valence-corrected chi connectivity index (χ3v) is 8.49. The number of thiophene rings is 2. The Hall–Kier alpha value is -3.39. The average molecular weight is 496 g/mol. The zero-order valence-corrected chi connectivity index (χ0v) is 19.5. The fourth-order valence-electron chi connectivity index (χ4n) is 3.31. The van der Waals surface area contributed by atoms with E-state index in [9.17, 15) is 14.7 Å². The van der Waals surface area contributed by atoms with Crippen LogP contribution in [-0.2, 0) is 21.6 Å². The molecule has 0 atom stereocenters. The van der Waals surface area contributed by atoms with Crippen LogP contribution in [0.3, 0.4) is 0 Å². The van der Waals surface area contributed by atoms with Crippen molar-refractivity contribution in [2.45, 2.75) is 24.9 Å². The summed E-state index contributed by atoms with van der Waals surface area (Å²) < 4.78 is 11.4. The van der Waals surface area contributed by atoms with Crippen LogP contribution in [0.5, 0.6) is 0 Å². The van der Waals surface area contributed by atoms with E-state index in [1.54, 1.807) is 0 Å². The Labute approximate surface area is 201 Å². The number of carbonyl (C=O) groups excluding carboxylic acids is 1. The van der Waals surface area contributed by atoms with Crippen LogP contribution in [-0.4, -0.2) is 21.5 Å². The molecular weight excluding hydrogens is 478 g/mol. The van der Waals surface area contributed by atoms with Crippen molar-refractivity contribution in [2.75, 3.05) is 11.1 Å². The first-order valence-corrected chi connectivity index (χ1v) is 12.4. The zero-order chi connectivity index (χ0) is 23.0. The predicted octanol–water partition coefficient (Wildman–Crippen LogP) is 5.27. The van der Waals surface area contributed by atoms with Gasteiger partial charge in [-0.1, -0.05) is 30.3 Å². The first-order chi connectivity index (χ1) is 15.9. The molecule has 1 aromatic carbocycles. The number of aromatic nitrogens is 1. The Morgan fingerprint density at radius 2 is 1.91 bits per heavy atom. The van der Waals surface area contributed by atoms with Crippen molar-refractivity contribution in [1.29, 1.82) is 0 Å². The number of carboxylic acids is 1. The molecule has 3 aromatic heterocycles. The van der Waals surface area contributed by atoms with Gasteiger partial charge in [-0.2, -0.15) is 4.37 Å². The number of aliphatic carboxylic acids is 1. The summed E-state index contributed by atoms with van der Waals surface area (Å²) in [5.74, 6) is 5.56. The Kier molecular flexibility index (Phi) is 5.54. The number of rotatable bonds is 5. The van der Waals surface area contributed by atoms with Gasteiger partial charge in [0.15, 0.2) is 5.82 Å². The smallest absolute Gasteiger partial charge is 0.412 e. The molecular formula is C23H17N3O4S3. The first-order valence-electron chi connectivity index (χ1n) is 9.97. The summed E-state index contributed by atoms with van der Waals surface area (Å²) in [6, 6.07) is 13.3. The highest BCUT2D eigenvalue weighted by Crippen LogP contribution is 2.52. The van der Waals surface area contributed by atoms with Crippen LogP contribution >= 0.6 is 34.2 Å². The Morgan fingerprint density at radius 3 is 2.61 bits per heavy atom. The number of nitrogens with one attached hydrogen (secondary N) is 1. The van der Waals surface area contributed by atoms with E-state index in [1.807, 2.05) is 42.5 Å². The fraction of sp³-hybridized carbons (Fsp3) is 0.174. The Balaban J connectivity index is 1.29. The highest BCUT2D eigenvalue weighted by molar-refractivity contribution is 7.28. The van der Waals surface area contributed by atoms with Gasteiger partial charge in [0.1, 0.15) is 22.6 Å². The molecule has 4 aromatic rings. The van der Waals surface area contributed by atoms with Crippen molar-refractivity contribution in [1.82, 2.24) is 4.37 Å². The van der Waals surface area contributed by atoms with Gasteiger partial charge in [-0.05, 0) is 53.9 Å². The van der Waals surface area contributed by atoms with Crippen LogP contribution in [0.2, 0.25) is 0 Å². The van der Waals surface area contributed by atoms with Gasteiger partial charge >= 0.3 is 12.1 Å². The van der Waals surface area contributed by atoms with Crippen molar-refractivity contribution in [3.8, 4) is 11.8 Å². The van der Waals surface area contributed by atoms with Gasteiger partial charge < -0.3 is 15.6 Å². The lowest BCUT2D eigenvalue weighted by molar-refractivity contribution is -0.139. The van der Waals surface area contributed by atoms with Gasteiger partial charge in [0.25, 0.3) is 0 Å². The first kappa shape index (κ1) is 21.5. The number of amides is 1. The van der Waals surface area contributed by atoms with Crippen LogP contribution in [0.25, 0.3) is 9.40 Å². The number of carboxylic acid groups (broad SMARTS) is 1. The number of ether oxygens (including phenoxy) is 1. The molecule has 0 spiro atoms. The molecule has 1 fully saturated rings. The second-order valence-electron chi connectivity index (χ2n) is 7.55. The molecule has 7 nitrogen and oxygen atoms in total.